The molecule has 0 spiro atoms. The van der Waals surface area contributed by atoms with E-state index < -0.39 is 10.0 Å². The van der Waals surface area contributed by atoms with Crippen LogP contribution in [0.25, 0.3) is 0 Å². The third kappa shape index (κ3) is 20.4. The fraction of sp³-hybridized carbons (Fsp3) is 0.632. The van der Waals surface area contributed by atoms with Crippen molar-refractivity contribution in [2.24, 2.45) is 5.73 Å². The first-order chi connectivity index (χ1) is 28.1. The lowest BCUT2D eigenvalue weighted by atomic mass is 9.85. The Balaban J connectivity index is 1.10. The third-order valence-electron chi connectivity index (χ3n) is 8.59. The number of benzene rings is 2. The van der Waals surface area contributed by atoms with E-state index in [9.17, 15) is 18.0 Å². The third-order valence-corrected chi connectivity index (χ3v) is 10.6. The fourth-order valence-electron chi connectivity index (χ4n) is 5.78. The van der Waals surface area contributed by atoms with Crippen LogP contribution in [-0.4, -0.2) is 158 Å². The number of hydrogen-bond acceptors (Lipinski definition) is 12. The molecule has 7 N–H and O–H groups in total. The predicted molar refractivity (Wildman–Crippen MR) is 222 cm³/mol. The lowest BCUT2D eigenvalue weighted by Gasteiger charge is -2.33. The van der Waals surface area contributed by atoms with E-state index >= 15 is 0 Å². The van der Waals surface area contributed by atoms with Crippen LogP contribution < -0.4 is 31.7 Å². The summed E-state index contributed by atoms with van der Waals surface area (Å²) < 4.78 is 61.2. The van der Waals surface area contributed by atoms with Gasteiger partial charge < -0.3 is 60.3 Å². The van der Waals surface area contributed by atoms with E-state index in [-0.39, 0.29) is 36.0 Å². The number of carbonyl (C=O) groups is 2. The molecule has 58 heavy (non-hydrogen) atoms. The van der Waals surface area contributed by atoms with Crippen LogP contribution in [0.2, 0.25) is 10.0 Å². The number of likely N-dealkylation sites (N-methyl/N-ethyl adjacent to an activating group) is 1. The number of rotatable bonds is 31. The Labute approximate surface area is 352 Å². The average molecular weight is 879 g/mol. The highest BCUT2D eigenvalue weighted by atomic mass is 35.5. The van der Waals surface area contributed by atoms with E-state index in [4.69, 9.17) is 57.4 Å². The molecule has 328 valence electrons. The molecule has 0 bridgehead atoms. The maximum absolute atomic E-state index is 13.1. The Hall–Kier alpha value is -2.85. The van der Waals surface area contributed by atoms with Crippen molar-refractivity contribution in [2.45, 2.75) is 30.2 Å². The minimum absolute atomic E-state index is 0.0780. The summed E-state index contributed by atoms with van der Waals surface area (Å²) >= 11 is 12.8. The SMILES string of the molecule is CN1Cc2c(Cl)cc(Cl)cc2C(c2cccc(S(=O)(=O)NCCOCCOCCOCCNC(=O)NCCCCNC(=O)NCCOCCOCCOCCN)c2)C1. The number of hydrogen-bond donors (Lipinski definition) is 6. The molecule has 1 aliphatic heterocycles. The summed E-state index contributed by atoms with van der Waals surface area (Å²) in [6, 6.07) is 10.0. The van der Waals surface area contributed by atoms with Gasteiger partial charge in [0.1, 0.15) is 0 Å². The van der Waals surface area contributed by atoms with Crippen molar-refractivity contribution in [3.63, 3.8) is 0 Å². The summed E-state index contributed by atoms with van der Waals surface area (Å²) in [5, 5.41) is 12.1. The fourth-order valence-corrected chi connectivity index (χ4v) is 7.42. The molecule has 2 aromatic rings. The second-order valence-electron chi connectivity index (χ2n) is 13.2. The van der Waals surface area contributed by atoms with Gasteiger partial charge in [-0.25, -0.2) is 22.7 Å². The number of urea groups is 2. The van der Waals surface area contributed by atoms with Crippen molar-refractivity contribution in [3.05, 3.63) is 63.1 Å². The first kappa shape index (κ1) is 49.5. The van der Waals surface area contributed by atoms with Crippen molar-refractivity contribution >= 4 is 45.3 Å². The van der Waals surface area contributed by atoms with Crippen LogP contribution in [0, 0.1) is 0 Å². The van der Waals surface area contributed by atoms with Gasteiger partial charge >= 0.3 is 12.1 Å². The molecule has 0 fully saturated rings. The molecule has 0 saturated carbocycles. The van der Waals surface area contributed by atoms with Crippen molar-refractivity contribution in [1.29, 1.82) is 0 Å². The van der Waals surface area contributed by atoms with Crippen molar-refractivity contribution < 1.29 is 46.4 Å². The molecule has 2 aromatic carbocycles. The Morgan fingerprint density at radius 2 is 1.21 bits per heavy atom. The number of ether oxygens (including phenoxy) is 6. The van der Waals surface area contributed by atoms with Crippen LogP contribution >= 0.6 is 23.2 Å². The quantitative estimate of drug-likeness (QED) is 0.0603. The zero-order chi connectivity index (χ0) is 41.9. The number of unbranched alkanes of at least 4 members (excludes halogenated alkanes) is 1. The molecular formula is C38H61Cl2N7O10S. The van der Waals surface area contributed by atoms with Gasteiger partial charge in [0.15, 0.2) is 0 Å². The van der Waals surface area contributed by atoms with Gasteiger partial charge in [-0.05, 0) is 60.8 Å². The van der Waals surface area contributed by atoms with E-state index in [1.165, 1.54) is 0 Å². The number of nitrogens with two attached hydrogens (primary N) is 1. The van der Waals surface area contributed by atoms with Gasteiger partial charge in [-0.15, -0.1) is 0 Å². The van der Waals surface area contributed by atoms with Crippen LogP contribution in [0.3, 0.4) is 0 Å². The number of sulfonamides is 1. The number of halogens is 2. The average Bonchev–Trinajstić information content (AvgIpc) is 3.20. The standard InChI is InChI=1S/C38H61Cl2N7O10S/c1-47-28-34(33-26-31(39)27-36(40)35(33)29-47)30-5-4-6-32(25-30)58(50,51)46-12-16-55-20-24-57-23-19-54-15-11-45-38(49)43-9-3-2-8-42-37(48)44-10-14-53-18-22-56-21-17-52-13-7-41/h4-6,25-27,34,46H,2-3,7-24,28-29,41H2,1H3,(H2,42,44,48)(H2,43,45,49). The molecule has 17 nitrogen and oxygen atoms in total. The van der Waals surface area contributed by atoms with Gasteiger partial charge in [-0.1, -0.05) is 35.3 Å². The number of fused-ring (bicyclic) bond motifs is 1. The molecule has 1 heterocycles. The summed E-state index contributed by atoms with van der Waals surface area (Å²) in [5.41, 5.74) is 8.20. The summed E-state index contributed by atoms with van der Waals surface area (Å²) in [7, 11) is -1.76. The van der Waals surface area contributed by atoms with Gasteiger partial charge in [0.25, 0.3) is 0 Å². The van der Waals surface area contributed by atoms with Gasteiger partial charge in [0, 0.05) is 68.3 Å². The van der Waals surface area contributed by atoms with Crippen LogP contribution in [-0.2, 0) is 45.0 Å². The molecule has 0 radical (unpaired) electrons. The highest BCUT2D eigenvalue weighted by molar-refractivity contribution is 7.89. The Kier molecular flexibility index (Phi) is 25.1. The second-order valence-corrected chi connectivity index (χ2v) is 15.8. The summed E-state index contributed by atoms with van der Waals surface area (Å²) in [5.74, 6) is -0.0780. The Bertz CT molecular complexity index is 1600. The molecule has 3 rings (SSSR count). The normalized spacial score (nSPS) is 14.2. The van der Waals surface area contributed by atoms with E-state index in [0.717, 1.165) is 16.7 Å². The molecule has 0 aliphatic carbocycles. The topological polar surface area (TPSA) is 213 Å². The number of carbonyl (C=O) groups excluding carboxylic acids is 2. The van der Waals surface area contributed by atoms with E-state index in [1.807, 2.05) is 19.2 Å². The van der Waals surface area contributed by atoms with Gasteiger partial charge in [-0.3, -0.25) is 0 Å². The van der Waals surface area contributed by atoms with E-state index in [2.05, 4.69) is 30.9 Å². The highest BCUT2D eigenvalue weighted by Gasteiger charge is 2.28. The lowest BCUT2D eigenvalue weighted by Crippen LogP contribution is -2.39. The molecule has 1 unspecified atom stereocenters. The van der Waals surface area contributed by atoms with Crippen LogP contribution in [0.5, 0.6) is 0 Å². The largest absolute Gasteiger partial charge is 0.378 e. The summed E-state index contributed by atoms with van der Waals surface area (Å²) in [6.45, 7) is 8.27. The molecule has 20 heteroatoms. The summed E-state index contributed by atoms with van der Waals surface area (Å²) in [6.07, 6.45) is 1.42. The van der Waals surface area contributed by atoms with Gasteiger partial charge in [0.05, 0.1) is 84.2 Å². The van der Waals surface area contributed by atoms with Gasteiger partial charge in [-0.2, -0.15) is 0 Å². The van der Waals surface area contributed by atoms with Crippen molar-refractivity contribution in [3.8, 4) is 0 Å². The first-order valence-electron chi connectivity index (χ1n) is 19.6. The molecule has 0 saturated heterocycles. The van der Waals surface area contributed by atoms with Crippen LogP contribution in [0.4, 0.5) is 9.59 Å². The number of amides is 4. The van der Waals surface area contributed by atoms with Crippen LogP contribution in [0.15, 0.2) is 41.3 Å². The minimum Gasteiger partial charge on any atom is -0.378 e. The minimum atomic E-state index is -3.76. The molecule has 4 amide bonds. The summed E-state index contributed by atoms with van der Waals surface area (Å²) in [4.78, 5) is 26.1. The molecule has 1 aliphatic rings. The van der Waals surface area contributed by atoms with Crippen molar-refractivity contribution in [1.82, 2.24) is 30.9 Å². The maximum Gasteiger partial charge on any atom is 0.314 e. The number of nitrogens with zero attached hydrogens (tertiary/aromatic N) is 1. The highest BCUT2D eigenvalue weighted by Crippen LogP contribution is 2.38. The van der Waals surface area contributed by atoms with E-state index in [0.29, 0.717) is 141 Å². The van der Waals surface area contributed by atoms with Gasteiger partial charge in [0.2, 0.25) is 10.0 Å². The predicted octanol–water partition coefficient (Wildman–Crippen LogP) is 2.29. The number of nitrogens with one attached hydrogen (secondary N) is 5. The lowest BCUT2D eigenvalue weighted by molar-refractivity contribution is 0.0165. The maximum atomic E-state index is 13.1. The Morgan fingerprint density at radius 1 is 0.707 bits per heavy atom. The smallest absolute Gasteiger partial charge is 0.314 e. The molecule has 0 aromatic heterocycles. The zero-order valence-corrected chi connectivity index (χ0v) is 35.7. The molecular weight excluding hydrogens is 817 g/mol. The first-order valence-corrected chi connectivity index (χ1v) is 21.8. The van der Waals surface area contributed by atoms with E-state index in [1.54, 1.807) is 24.3 Å². The monoisotopic (exact) mass is 877 g/mol. The van der Waals surface area contributed by atoms with Crippen LogP contribution in [0.1, 0.15) is 35.4 Å². The molecule has 1 atom stereocenters. The zero-order valence-electron chi connectivity index (χ0n) is 33.4. The Morgan fingerprint density at radius 3 is 1.76 bits per heavy atom. The van der Waals surface area contributed by atoms with Crippen molar-refractivity contribution in [2.75, 3.05) is 132 Å². The second kappa shape index (κ2) is 29.4.